The molecule has 0 aromatic heterocycles. The van der Waals surface area contributed by atoms with Crippen molar-refractivity contribution >= 4 is 17.8 Å². The van der Waals surface area contributed by atoms with Gasteiger partial charge in [0.25, 0.3) is 5.91 Å². The van der Waals surface area contributed by atoms with Gasteiger partial charge in [-0.05, 0) is 32.0 Å². The maximum atomic E-state index is 12.2. The Balaban J connectivity index is 1.92. The zero-order valence-corrected chi connectivity index (χ0v) is 14.2. The molecule has 2 rings (SSSR count). The fraction of sp³-hybridized carbons (Fsp3) is 0.471. The summed E-state index contributed by atoms with van der Waals surface area (Å²) in [6.07, 6.45) is -0.561. The number of carbonyl (C=O) groups excluding carboxylic acids is 3. The quantitative estimate of drug-likeness (QED) is 0.699. The molecule has 0 bridgehead atoms. The van der Waals surface area contributed by atoms with Gasteiger partial charge in [0.1, 0.15) is 6.54 Å². The molecule has 0 unspecified atom stereocenters. The third kappa shape index (κ3) is 5.10. The summed E-state index contributed by atoms with van der Waals surface area (Å²) < 4.78 is 20.5. The molecular weight excluding hydrogens is 330 g/mol. The summed E-state index contributed by atoms with van der Waals surface area (Å²) in [6.45, 7) is 4.46. The highest BCUT2D eigenvalue weighted by atomic mass is 16.6. The molecule has 1 amide bonds. The minimum atomic E-state index is -0.889. The van der Waals surface area contributed by atoms with E-state index in [9.17, 15) is 14.4 Å². The van der Waals surface area contributed by atoms with Crippen LogP contribution in [-0.4, -0.2) is 50.3 Å². The number of ether oxygens (including phenoxy) is 4. The lowest BCUT2D eigenvalue weighted by molar-refractivity contribution is -0.159. The predicted octanol–water partition coefficient (Wildman–Crippen LogP) is 1.07. The van der Waals surface area contributed by atoms with Crippen molar-refractivity contribution in [3.05, 3.63) is 23.8 Å². The number of hydrogen-bond acceptors (Lipinski definition) is 7. The van der Waals surface area contributed by atoms with Crippen LogP contribution < -0.4 is 14.8 Å². The van der Waals surface area contributed by atoms with Gasteiger partial charge < -0.3 is 24.3 Å². The second-order valence-corrected chi connectivity index (χ2v) is 5.14. The number of esters is 2. The van der Waals surface area contributed by atoms with Gasteiger partial charge in [0.15, 0.2) is 11.5 Å². The van der Waals surface area contributed by atoms with E-state index in [1.807, 2.05) is 13.8 Å². The lowest BCUT2D eigenvalue weighted by atomic mass is 10.2. The summed E-state index contributed by atoms with van der Waals surface area (Å²) in [5.74, 6) is -0.732. The molecule has 1 aliphatic rings. The Morgan fingerprint density at radius 3 is 2.56 bits per heavy atom. The van der Waals surface area contributed by atoms with Crippen LogP contribution in [0.4, 0.5) is 0 Å². The number of hydrogen-bond donors (Lipinski definition) is 1. The molecule has 0 radical (unpaired) electrons. The molecule has 1 atom stereocenters. The summed E-state index contributed by atoms with van der Waals surface area (Å²) in [6, 6.07) is 4.75. The zero-order chi connectivity index (χ0) is 18.2. The summed E-state index contributed by atoms with van der Waals surface area (Å²) in [5, 5.41) is 2.45. The smallest absolute Gasteiger partial charge is 0.347 e. The van der Waals surface area contributed by atoms with E-state index in [0.29, 0.717) is 36.7 Å². The standard InChI is InChI=1S/C17H21NO7/c1-3-22-12-6-5-11(9-14(12)23-4-2)16(20)18-10-15(19)25-13-7-8-24-17(13)21/h5-6,9,13H,3-4,7-8,10H2,1-2H3,(H,18,20)/t13-/m0/s1. The average molecular weight is 351 g/mol. The van der Waals surface area contributed by atoms with Crippen molar-refractivity contribution in [2.45, 2.75) is 26.4 Å². The predicted molar refractivity (Wildman–Crippen MR) is 86.6 cm³/mol. The maximum absolute atomic E-state index is 12.2. The highest BCUT2D eigenvalue weighted by Crippen LogP contribution is 2.28. The number of nitrogens with one attached hydrogen (secondary N) is 1. The number of rotatable bonds is 8. The first-order valence-electron chi connectivity index (χ1n) is 8.09. The number of amides is 1. The molecule has 1 aromatic rings. The van der Waals surface area contributed by atoms with Crippen LogP contribution in [0.5, 0.6) is 11.5 Å². The van der Waals surface area contributed by atoms with Gasteiger partial charge in [-0.25, -0.2) is 4.79 Å². The SMILES string of the molecule is CCOc1ccc(C(=O)NCC(=O)O[C@H]2CCOC2=O)cc1OCC. The van der Waals surface area contributed by atoms with Crippen LogP contribution in [-0.2, 0) is 19.1 Å². The Bertz CT molecular complexity index is 644. The highest BCUT2D eigenvalue weighted by Gasteiger charge is 2.30. The van der Waals surface area contributed by atoms with E-state index >= 15 is 0 Å². The molecule has 0 aliphatic carbocycles. The molecule has 1 saturated heterocycles. The Kier molecular flexibility index (Phi) is 6.62. The fourth-order valence-corrected chi connectivity index (χ4v) is 2.23. The first kappa shape index (κ1) is 18.6. The first-order valence-corrected chi connectivity index (χ1v) is 8.09. The minimum Gasteiger partial charge on any atom is -0.490 e. The topological polar surface area (TPSA) is 100 Å². The summed E-state index contributed by atoms with van der Waals surface area (Å²) in [5.41, 5.74) is 0.319. The van der Waals surface area contributed by atoms with E-state index in [2.05, 4.69) is 5.32 Å². The summed E-state index contributed by atoms with van der Waals surface area (Å²) in [7, 11) is 0. The fourth-order valence-electron chi connectivity index (χ4n) is 2.23. The second kappa shape index (κ2) is 8.91. The van der Waals surface area contributed by atoms with E-state index in [1.54, 1.807) is 18.2 Å². The Morgan fingerprint density at radius 2 is 1.92 bits per heavy atom. The van der Waals surface area contributed by atoms with E-state index < -0.39 is 23.9 Å². The van der Waals surface area contributed by atoms with E-state index in [0.717, 1.165) is 0 Å². The van der Waals surface area contributed by atoms with Crippen LogP contribution >= 0.6 is 0 Å². The molecule has 1 heterocycles. The molecule has 0 spiro atoms. The zero-order valence-electron chi connectivity index (χ0n) is 14.2. The van der Waals surface area contributed by atoms with Crippen molar-refractivity contribution in [1.29, 1.82) is 0 Å². The van der Waals surface area contributed by atoms with Crippen LogP contribution in [0.25, 0.3) is 0 Å². The maximum Gasteiger partial charge on any atom is 0.347 e. The van der Waals surface area contributed by atoms with Crippen LogP contribution in [0.3, 0.4) is 0 Å². The second-order valence-electron chi connectivity index (χ2n) is 5.14. The van der Waals surface area contributed by atoms with Gasteiger partial charge in [-0.1, -0.05) is 0 Å². The summed E-state index contributed by atoms with van der Waals surface area (Å²) in [4.78, 5) is 35.1. The summed E-state index contributed by atoms with van der Waals surface area (Å²) >= 11 is 0. The molecule has 1 N–H and O–H groups in total. The first-order chi connectivity index (χ1) is 12.0. The molecule has 1 aliphatic heterocycles. The third-order valence-corrected chi connectivity index (χ3v) is 3.36. The molecule has 8 heteroatoms. The van der Waals surface area contributed by atoms with Crippen molar-refractivity contribution in [2.75, 3.05) is 26.4 Å². The third-order valence-electron chi connectivity index (χ3n) is 3.36. The van der Waals surface area contributed by atoms with E-state index in [-0.39, 0.29) is 13.2 Å². The largest absolute Gasteiger partial charge is 0.490 e. The van der Waals surface area contributed by atoms with Crippen LogP contribution in [0.1, 0.15) is 30.6 Å². The molecule has 8 nitrogen and oxygen atoms in total. The Hall–Kier alpha value is -2.77. The molecule has 1 fully saturated rings. The molecular formula is C17H21NO7. The Morgan fingerprint density at radius 1 is 1.20 bits per heavy atom. The highest BCUT2D eigenvalue weighted by molar-refractivity contribution is 5.96. The van der Waals surface area contributed by atoms with Gasteiger partial charge in [-0.2, -0.15) is 0 Å². The lowest BCUT2D eigenvalue weighted by Crippen LogP contribution is -2.33. The van der Waals surface area contributed by atoms with Gasteiger partial charge in [0, 0.05) is 12.0 Å². The molecule has 136 valence electrons. The van der Waals surface area contributed by atoms with E-state index in [1.165, 1.54) is 0 Å². The monoisotopic (exact) mass is 351 g/mol. The van der Waals surface area contributed by atoms with Crippen LogP contribution in [0.2, 0.25) is 0 Å². The number of cyclic esters (lactones) is 1. The van der Waals surface area contributed by atoms with Gasteiger partial charge in [-0.3, -0.25) is 9.59 Å². The van der Waals surface area contributed by atoms with Crippen LogP contribution in [0.15, 0.2) is 18.2 Å². The van der Waals surface area contributed by atoms with Crippen molar-refractivity contribution in [1.82, 2.24) is 5.32 Å². The van der Waals surface area contributed by atoms with Crippen molar-refractivity contribution in [3.8, 4) is 11.5 Å². The van der Waals surface area contributed by atoms with Crippen molar-refractivity contribution in [3.63, 3.8) is 0 Å². The molecule has 1 aromatic carbocycles. The van der Waals surface area contributed by atoms with Gasteiger partial charge in [0.2, 0.25) is 6.10 Å². The van der Waals surface area contributed by atoms with E-state index in [4.69, 9.17) is 18.9 Å². The van der Waals surface area contributed by atoms with Gasteiger partial charge in [-0.15, -0.1) is 0 Å². The minimum absolute atomic E-state index is 0.232. The van der Waals surface area contributed by atoms with Crippen LogP contribution in [0, 0.1) is 0 Å². The van der Waals surface area contributed by atoms with Gasteiger partial charge >= 0.3 is 11.9 Å². The number of benzene rings is 1. The van der Waals surface area contributed by atoms with Crippen molar-refractivity contribution in [2.24, 2.45) is 0 Å². The van der Waals surface area contributed by atoms with Gasteiger partial charge in [0.05, 0.1) is 19.8 Å². The lowest BCUT2D eigenvalue weighted by Gasteiger charge is -2.13. The Labute approximate surface area is 145 Å². The average Bonchev–Trinajstić information content (AvgIpc) is 2.99. The van der Waals surface area contributed by atoms with Crippen molar-refractivity contribution < 1.29 is 33.3 Å². The number of carbonyl (C=O) groups is 3. The molecule has 0 saturated carbocycles. The normalized spacial score (nSPS) is 16.1. The molecule has 25 heavy (non-hydrogen) atoms.